The molecule has 0 spiro atoms. The van der Waals surface area contributed by atoms with Gasteiger partial charge in [0.1, 0.15) is 11.3 Å². The zero-order valence-corrected chi connectivity index (χ0v) is 19.9. The van der Waals surface area contributed by atoms with E-state index in [1.165, 1.54) is 0 Å². The molecule has 0 aliphatic heterocycles. The van der Waals surface area contributed by atoms with Gasteiger partial charge in [-0.05, 0) is 93.1 Å². The van der Waals surface area contributed by atoms with E-state index in [4.69, 9.17) is 33.0 Å². The van der Waals surface area contributed by atoms with Crippen LogP contribution in [0.4, 0.5) is 5.69 Å². The van der Waals surface area contributed by atoms with Crippen molar-refractivity contribution in [3.8, 4) is 17.2 Å². The molecule has 0 atom stereocenters. The molecule has 0 saturated carbocycles. The van der Waals surface area contributed by atoms with Gasteiger partial charge in [0.15, 0.2) is 10.7 Å². The van der Waals surface area contributed by atoms with E-state index in [0.29, 0.717) is 33.3 Å². The molecule has 1 amide bonds. The summed E-state index contributed by atoms with van der Waals surface area (Å²) in [5, 5.41) is 6.57. The van der Waals surface area contributed by atoms with Gasteiger partial charge in [0.05, 0.1) is 6.10 Å². The number of halogens is 1. The topological polar surface area (TPSA) is 76.4 Å². The number of anilines is 1. The molecular formula is C25H22ClN3O3S. The van der Waals surface area contributed by atoms with Gasteiger partial charge in [-0.15, -0.1) is 0 Å². The Morgan fingerprint density at radius 1 is 1.12 bits per heavy atom. The summed E-state index contributed by atoms with van der Waals surface area (Å²) in [4.78, 5) is 17.1. The predicted molar refractivity (Wildman–Crippen MR) is 135 cm³/mol. The first-order chi connectivity index (χ1) is 15.8. The molecule has 3 aromatic carbocycles. The largest absolute Gasteiger partial charge is 0.491 e. The van der Waals surface area contributed by atoms with Crippen LogP contribution in [0.15, 0.2) is 65.1 Å². The lowest BCUT2D eigenvalue weighted by atomic mass is 10.1. The number of thiocarbonyl (C=S) groups is 1. The van der Waals surface area contributed by atoms with Crippen LogP contribution >= 0.6 is 23.8 Å². The van der Waals surface area contributed by atoms with Gasteiger partial charge in [-0.2, -0.15) is 0 Å². The summed E-state index contributed by atoms with van der Waals surface area (Å²) in [6.07, 6.45) is 0.0630. The summed E-state index contributed by atoms with van der Waals surface area (Å²) in [5.74, 6) is 0.872. The second kappa shape index (κ2) is 9.60. The molecule has 1 aromatic heterocycles. The van der Waals surface area contributed by atoms with Gasteiger partial charge in [-0.25, -0.2) is 4.98 Å². The van der Waals surface area contributed by atoms with Gasteiger partial charge in [0.2, 0.25) is 5.89 Å². The first-order valence-corrected chi connectivity index (χ1v) is 11.1. The predicted octanol–water partition coefficient (Wildman–Crippen LogP) is 6.37. The van der Waals surface area contributed by atoms with Crippen LogP contribution in [0.25, 0.3) is 22.6 Å². The standard InChI is InChI=1S/C25H22ClN3O3S/c1-14(2)31-18-10-7-16(8-11-18)23(30)29-25(33)28-20-6-4-5-19(15(20)3)24-27-21-13-17(26)9-12-22(21)32-24/h4-14H,1-3H3,(H2,28,29,30,33). The van der Waals surface area contributed by atoms with Crippen LogP contribution in [0.3, 0.4) is 0 Å². The number of nitrogens with zero attached hydrogens (tertiary/aromatic N) is 1. The molecule has 0 unspecified atom stereocenters. The number of benzene rings is 3. The Kier molecular flexibility index (Phi) is 6.62. The molecule has 0 saturated heterocycles. The van der Waals surface area contributed by atoms with Crippen molar-refractivity contribution in [2.24, 2.45) is 0 Å². The average Bonchev–Trinajstić information content (AvgIpc) is 3.18. The molecule has 0 bridgehead atoms. The zero-order valence-electron chi connectivity index (χ0n) is 18.3. The number of hydrogen-bond acceptors (Lipinski definition) is 5. The minimum atomic E-state index is -0.312. The summed E-state index contributed by atoms with van der Waals surface area (Å²) in [5.41, 5.74) is 4.23. The molecule has 168 valence electrons. The third-order valence-corrected chi connectivity index (χ3v) is 5.32. The fourth-order valence-corrected chi connectivity index (χ4v) is 3.67. The SMILES string of the molecule is Cc1c(NC(=S)NC(=O)c2ccc(OC(C)C)cc2)cccc1-c1nc2cc(Cl)ccc2o1. The van der Waals surface area contributed by atoms with E-state index < -0.39 is 0 Å². The lowest BCUT2D eigenvalue weighted by Crippen LogP contribution is -2.34. The van der Waals surface area contributed by atoms with Gasteiger partial charge >= 0.3 is 0 Å². The molecule has 8 heteroatoms. The molecule has 4 rings (SSSR count). The molecule has 2 N–H and O–H groups in total. The number of oxazole rings is 1. The first-order valence-electron chi connectivity index (χ1n) is 10.4. The molecule has 0 radical (unpaired) electrons. The van der Waals surface area contributed by atoms with Crippen LogP contribution in [-0.4, -0.2) is 22.1 Å². The van der Waals surface area contributed by atoms with Gasteiger partial charge in [0, 0.05) is 21.8 Å². The molecule has 0 aliphatic carbocycles. The maximum Gasteiger partial charge on any atom is 0.257 e. The first kappa shape index (κ1) is 22.8. The van der Waals surface area contributed by atoms with Crippen LogP contribution in [0.5, 0.6) is 5.75 Å². The molecule has 6 nitrogen and oxygen atoms in total. The Hall–Kier alpha value is -3.42. The number of aromatic nitrogens is 1. The maximum atomic E-state index is 12.6. The fraction of sp³-hybridized carbons (Fsp3) is 0.160. The van der Waals surface area contributed by atoms with Crippen molar-refractivity contribution in [2.45, 2.75) is 26.9 Å². The number of hydrogen-bond donors (Lipinski definition) is 2. The summed E-state index contributed by atoms with van der Waals surface area (Å²) in [7, 11) is 0. The second-order valence-electron chi connectivity index (χ2n) is 7.71. The normalized spacial score (nSPS) is 10.9. The third kappa shape index (κ3) is 5.32. The average molecular weight is 480 g/mol. The van der Waals surface area contributed by atoms with E-state index in [-0.39, 0.29) is 17.1 Å². The Labute approximate surface area is 201 Å². The Morgan fingerprint density at radius 2 is 1.88 bits per heavy atom. The Balaban J connectivity index is 1.47. The van der Waals surface area contributed by atoms with Crippen molar-refractivity contribution in [1.29, 1.82) is 0 Å². The number of amides is 1. The van der Waals surface area contributed by atoms with E-state index in [2.05, 4.69) is 15.6 Å². The van der Waals surface area contributed by atoms with E-state index in [0.717, 1.165) is 16.8 Å². The van der Waals surface area contributed by atoms with Crippen LogP contribution in [-0.2, 0) is 0 Å². The highest BCUT2D eigenvalue weighted by atomic mass is 35.5. The lowest BCUT2D eigenvalue weighted by Gasteiger charge is -2.14. The smallest absolute Gasteiger partial charge is 0.257 e. The molecule has 4 aromatic rings. The highest BCUT2D eigenvalue weighted by Gasteiger charge is 2.15. The number of fused-ring (bicyclic) bond motifs is 1. The number of nitrogens with one attached hydrogen (secondary N) is 2. The van der Waals surface area contributed by atoms with E-state index >= 15 is 0 Å². The third-order valence-electron chi connectivity index (χ3n) is 4.88. The maximum absolute atomic E-state index is 12.6. The number of rotatable bonds is 5. The summed E-state index contributed by atoms with van der Waals surface area (Å²) >= 11 is 11.4. The zero-order chi connectivity index (χ0) is 23.5. The minimum absolute atomic E-state index is 0.0630. The van der Waals surface area contributed by atoms with Gasteiger partial charge in [-0.1, -0.05) is 17.7 Å². The summed E-state index contributed by atoms with van der Waals surface area (Å²) in [6, 6.07) is 17.9. The number of ether oxygens (including phenoxy) is 1. The second-order valence-corrected chi connectivity index (χ2v) is 8.55. The van der Waals surface area contributed by atoms with Crippen molar-refractivity contribution in [3.05, 3.63) is 76.8 Å². The highest BCUT2D eigenvalue weighted by molar-refractivity contribution is 7.80. The summed E-state index contributed by atoms with van der Waals surface area (Å²) < 4.78 is 11.5. The van der Waals surface area contributed by atoms with E-state index in [1.54, 1.807) is 42.5 Å². The highest BCUT2D eigenvalue weighted by Crippen LogP contribution is 2.31. The molecular weight excluding hydrogens is 458 g/mol. The Morgan fingerprint density at radius 3 is 2.61 bits per heavy atom. The molecule has 0 aliphatic rings. The molecule has 1 heterocycles. The van der Waals surface area contributed by atoms with Crippen LogP contribution < -0.4 is 15.4 Å². The van der Waals surface area contributed by atoms with Gasteiger partial charge in [0.25, 0.3) is 5.91 Å². The summed E-state index contributed by atoms with van der Waals surface area (Å²) in [6.45, 7) is 5.82. The number of carbonyl (C=O) groups excluding carboxylic acids is 1. The molecule has 33 heavy (non-hydrogen) atoms. The van der Waals surface area contributed by atoms with Crippen molar-refractivity contribution in [1.82, 2.24) is 10.3 Å². The van der Waals surface area contributed by atoms with Crippen LogP contribution in [0.1, 0.15) is 29.8 Å². The quantitative estimate of drug-likeness (QED) is 0.324. The van der Waals surface area contributed by atoms with Crippen molar-refractivity contribution < 1.29 is 13.9 Å². The van der Waals surface area contributed by atoms with Crippen molar-refractivity contribution >= 4 is 51.6 Å². The van der Waals surface area contributed by atoms with Crippen molar-refractivity contribution in [3.63, 3.8) is 0 Å². The lowest BCUT2D eigenvalue weighted by molar-refractivity contribution is 0.0977. The van der Waals surface area contributed by atoms with Gasteiger partial charge < -0.3 is 14.5 Å². The monoisotopic (exact) mass is 479 g/mol. The fourth-order valence-electron chi connectivity index (χ4n) is 3.30. The van der Waals surface area contributed by atoms with E-state index in [1.807, 2.05) is 39.0 Å². The van der Waals surface area contributed by atoms with Gasteiger partial charge in [-0.3, -0.25) is 10.1 Å². The van der Waals surface area contributed by atoms with Crippen LogP contribution in [0, 0.1) is 6.92 Å². The van der Waals surface area contributed by atoms with Crippen molar-refractivity contribution in [2.75, 3.05) is 5.32 Å². The van der Waals surface area contributed by atoms with Crippen LogP contribution in [0.2, 0.25) is 5.02 Å². The van der Waals surface area contributed by atoms with E-state index in [9.17, 15) is 4.79 Å². The number of carbonyl (C=O) groups is 1. The Bertz CT molecular complexity index is 1330. The molecule has 0 fully saturated rings. The minimum Gasteiger partial charge on any atom is -0.491 e.